The average Bonchev–Trinajstić information content (AvgIpc) is 2.81. The Hall–Kier alpha value is -2.87. The molecule has 1 heterocycles. The molecule has 0 spiro atoms. The molecule has 0 aliphatic carbocycles. The highest BCUT2D eigenvalue weighted by Gasteiger charge is 2.30. The molecule has 2 aromatic rings. The van der Waals surface area contributed by atoms with E-state index < -0.39 is 11.7 Å². The van der Waals surface area contributed by atoms with Crippen LogP contribution >= 0.6 is 0 Å². The first-order chi connectivity index (χ1) is 15.3. The molecule has 1 N–H and O–H groups in total. The fraction of sp³-hybridized carbons (Fsp3) is 0.417. The number of alkyl halides is 3. The van der Waals surface area contributed by atoms with Crippen molar-refractivity contribution in [3.8, 4) is 0 Å². The molecule has 1 fully saturated rings. The van der Waals surface area contributed by atoms with Crippen molar-refractivity contribution in [2.24, 2.45) is 0 Å². The highest BCUT2D eigenvalue weighted by atomic mass is 19.4. The number of rotatable bonds is 7. The summed E-state index contributed by atoms with van der Waals surface area (Å²) in [5.41, 5.74) is 0.422. The Kier molecular flexibility index (Phi) is 7.90. The molecule has 172 valence electrons. The summed E-state index contributed by atoms with van der Waals surface area (Å²) in [7, 11) is 0. The third-order valence-corrected chi connectivity index (χ3v) is 5.67. The second-order valence-corrected chi connectivity index (χ2v) is 8.02. The van der Waals surface area contributed by atoms with Crippen molar-refractivity contribution in [3.05, 3.63) is 71.3 Å². The van der Waals surface area contributed by atoms with E-state index in [-0.39, 0.29) is 36.3 Å². The Labute approximate surface area is 186 Å². The average molecular weight is 448 g/mol. The lowest BCUT2D eigenvalue weighted by Crippen LogP contribution is -2.47. The van der Waals surface area contributed by atoms with Gasteiger partial charge < -0.3 is 15.1 Å². The maximum absolute atomic E-state index is 13.2. The molecule has 0 radical (unpaired) electrons. The summed E-state index contributed by atoms with van der Waals surface area (Å²) in [6, 6.07) is 13.9. The van der Waals surface area contributed by atoms with Gasteiger partial charge in [-0.05, 0) is 35.7 Å². The Morgan fingerprint density at radius 2 is 1.66 bits per heavy atom. The monoisotopic (exact) mass is 447 g/mol. The summed E-state index contributed by atoms with van der Waals surface area (Å²) in [5.74, 6) is -0.400. The highest BCUT2D eigenvalue weighted by Crippen LogP contribution is 2.29. The van der Waals surface area contributed by atoms with E-state index in [0.717, 1.165) is 30.8 Å². The quantitative estimate of drug-likeness (QED) is 0.703. The van der Waals surface area contributed by atoms with Crippen LogP contribution in [-0.4, -0.2) is 60.9 Å². The van der Waals surface area contributed by atoms with E-state index in [1.165, 1.54) is 12.1 Å². The van der Waals surface area contributed by atoms with E-state index in [1.54, 1.807) is 9.80 Å². The van der Waals surface area contributed by atoms with E-state index >= 15 is 0 Å². The number of nitrogens with zero attached hydrogens (tertiary/aromatic N) is 2. The van der Waals surface area contributed by atoms with Crippen LogP contribution in [0.25, 0.3) is 0 Å². The van der Waals surface area contributed by atoms with Crippen LogP contribution in [0.2, 0.25) is 0 Å². The van der Waals surface area contributed by atoms with Crippen molar-refractivity contribution in [2.45, 2.75) is 25.4 Å². The molecule has 0 saturated carbocycles. The Morgan fingerprint density at radius 3 is 2.25 bits per heavy atom. The molecule has 1 aliphatic rings. The lowest BCUT2D eigenvalue weighted by Gasteiger charge is -2.30. The van der Waals surface area contributed by atoms with Crippen molar-refractivity contribution >= 4 is 11.8 Å². The van der Waals surface area contributed by atoms with Crippen LogP contribution < -0.4 is 5.32 Å². The number of nitrogens with one attached hydrogen (secondary N) is 1. The molecule has 1 aliphatic heterocycles. The van der Waals surface area contributed by atoms with Gasteiger partial charge in [0, 0.05) is 51.3 Å². The third-order valence-electron chi connectivity index (χ3n) is 5.67. The second-order valence-electron chi connectivity index (χ2n) is 8.02. The van der Waals surface area contributed by atoms with Gasteiger partial charge in [0.25, 0.3) is 5.91 Å². The van der Waals surface area contributed by atoms with Crippen LogP contribution in [0.3, 0.4) is 0 Å². The van der Waals surface area contributed by atoms with Gasteiger partial charge in [0.2, 0.25) is 5.91 Å². The topological polar surface area (TPSA) is 52.7 Å². The SMILES string of the molecule is CC(CN(CCC(=O)N1CCNCC1)C(=O)c1ccc(C(F)(F)F)cc1)c1ccccc1. The van der Waals surface area contributed by atoms with Crippen LogP contribution in [0.5, 0.6) is 0 Å². The van der Waals surface area contributed by atoms with Crippen LogP contribution in [-0.2, 0) is 11.0 Å². The zero-order valence-corrected chi connectivity index (χ0v) is 18.1. The van der Waals surface area contributed by atoms with Crippen molar-refractivity contribution in [1.82, 2.24) is 15.1 Å². The molecule has 32 heavy (non-hydrogen) atoms. The predicted octanol–water partition coefficient (Wildman–Crippen LogP) is 3.77. The lowest BCUT2D eigenvalue weighted by atomic mass is 10.00. The number of carbonyl (C=O) groups is 2. The maximum Gasteiger partial charge on any atom is 0.416 e. The molecule has 5 nitrogen and oxygen atoms in total. The van der Waals surface area contributed by atoms with Gasteiger partial charge in [0.1, 0.15) is 0 Å². The Bertz CT molecular complexity index is 895. The molecule has 0 bridgehead atoms. The molecule has 1 unspecified atom stereocenters. The number of piperazine rings is 1. The summed E-state index contributed by atoms with van der Waals surface area (Å²) in [6.07, 6.45) is -4.29. The standard InChI is InChI=1S/C24H28F3N3O2/c1-18(19-5-3-2-4-6-19)17-30(14-11-22(31)29-15-12-28-13-16-29)23(32)20-7-9-21(10-8-20)24(25,26)27/h2-10,18,28H,11-17H2,1H3. The fourth-order valence-electron chi connectivity index (χ4n) is 3.78. The lowest BCUT2D eigenvalue weighted by molar-refractivity contribution is -0.137. The van der Waals surface area contributed by atoms with Crippen molar-refractivity contribution in [1.29, 1.82) is 0 Å². The number of halogens is 3. The molecular weight excluding hydrogens is 419 g/mol. The second kappa shape index (κ2) is 10.6. The van der Waals surface area contributed by atoms with Crippen LogP contribution in [0.15, 0.2) is 54.6 Å². The van der Waals surface area contributed by atoms with E-state index in [0.29, 0.717) is 19.6 Å². The fourth-order valence-corrected chi connectivity index (χ4v) is 3.78. The number of amides is 2. The van der Waals surface area contributed by atoms with Gasteiger partial charge in [-0.3, -0.25) is 9.59 Å². The van der Waals surface area contributed by atoms with E-state index in [9.17, 15) is 22.8 Å². The molecule has 2 aromatic carbocycles. The first kappa shape index (κ1) is 23.8. The van der Waals surface area contributed by atoms with Gasteiger partial charge in [-0.15, -0.1) is 0 Å². The van der Waals surface area contributed by atoms with E-state index in [4.69, 9.17) is 0 Å². The summed E-state index contributed by atoms with van der Waals surface area (Å²) in [5, 5.41) is 3.20. The van der Waals surface area contributed by atoms with Crippen LogP contribution in [0.4, 0.5) is 13.2 Å². The molecule has 2 amide bonds. The van der Waals surface area contributed by atoms with Crippen molar-refractivity contribution in [3.63, 3.8) is 0 Å². The minimum Gasteiger partial charge on any atom is -0.340 e. The van der Waals surface area contributed by atoms with Crippen LogP contribution in [0.1, 0.15) is 40.7 Å². The molecule has 8 heteroatoms. The minimum absolute atomic E-state index is 0.00360. The zero-order chi connectivity index (χ0) is 23.1. The van der Waals surface area contributed by atoms with E-state index in [1.807, 2.05) is 37.3 Å². The van der Waals surface area contributed by atoms with Crippen molar-refractivity contribution in [2.75, 3.05) is 39.3 Å². The van der Waals surface area contributed by atoms with Gasteiger partial charge in [0.15, 0.2) is 0 Å². The molecule has 3 rings (SSSR count). The maximum atomic E-state index is 13.2. The summed E-state index contributed by atoms with van der Waals surface area (Å²) < 4.78 is 38.7. The first-order valence-electron chi connectivity index (χ1n) is 10.8. The largest absolute Gasteiger partial charge is 0.416 e. The first-order valence-corrected chi connectivity index (χ1v) is 10.8. The highest BCUT2D eigenvalue weighted by molar-refractivity contribution is 5.94. The summed E-state index contributed by atoms with van der Waals surface area (Å²) >= 11 is 0. The minimum atomic E-state index is -4.46. The smallest absolute Gasteiger partial charge is 0.340 e. The Morgan fingerprint density at radius 1 is 1.03 bits per heavy atom. The number of hydrogen-bond donors (Lipinski definition) is 1. The summed E-state index contributed by atoms with van der Waals surface area (Å²) in [4.78, 5) is 29.1. The van der Waals surface area contributed by atoms with Crippen molar-refractivity contribution < 1.29 is 22.8 Å². The van der Waals surface area contributed by atoms with E-state index in [2.05, 4.69) is 5.32 Å². The van der Waals surface area contributed by atoms with Gasteiger partial charge in [-0.25, -0.2) is 0 Å². The Balaban J connectivity index is 1.74. The molecule has 0 aromatic heterocycles. The molecular formula is C24H28F3N3O2. The van der Waals surface area contributed by atoms with Gasteiger partial charge in [-0.2, -0.15) is 13.2 Å². The van der Waals surface area contributed by atoms with Gasteiger partial charge in [0.05, 0.1) is 5.56 Å². The number of benzene rings is 2. The zero-order valence-electron chi connectivity index (χ0n) is 18.1. The normalized spacial score (nSPS) is 15.3. The van der Waals surface area contributed by atoms with Crippen LogP contribution in [0, 0.1) is 0 Å². The third kappa shape index (κ3) is 6.32. The van der Waals surface area contributed by atoms with Gasteiger partial charge >= 0.3 is 6.18 Å². The number of carbonyl (C=O) groups excluding carboxylic acids is 2. The molecule has 1 atom stereocenters. The van der Waals surface area contributed by atoms with Gasteiger partial charge in [-0.1, -0.05) is 37.3 Å². The number of hydrogen-bond acceptors (Lipinski definition) is 3. The predicted molar refractivity (Wildman–Crippen MR) is 116 cm³/mol. The molecule has 1 saturated heterocycles. The summed E-state index contributed by atoms with van der Waals surface area (Å²) in [6.45, 7) is 5.30.